The number of nitrogens with zero attached hydrogens (tertiary/aromatic N) is 2. The Hall–Kier alpha value is -0.120. The summed E-state index contributed by atoms with van der Waals surface area (Å²) >= 11 is 0. The maximum atomic E-state index is 3.61. The van der Waals surface area contributed by atoms with E-state index in [0.29, 0.717) is 0 Å². The van der Waals surface area contributed by atoms with Crippen molar-refractivity contribution in [3.8, 4) is 0 Å². The van der Waals surface area contributed by atoms with Gasteiger partial charge in [0, 0.05) is 31.7 Å². The molecule has 0 radical (unpaired) electrons. The van der Waals surface area contributed by atoms with Crippen LogP contribution in [-0.2, 0) is 0 Å². The minimum absolute atomic E-state index is 0.827. The first kappa shape index (κ1) is 15.3. The van der Waals surface area contributed by atoms with Crippen molar-refractivity contribution in [1.82, 2.24) is 15.1 Å². The number of nitrogens with one attached hydrogen (secondary N) is 1. The number of likely N-dealkylation sites (N-methyl/N-ethyl adjacent to an activating group) is 1. The lowest BCUT2D eigenvalue weighted by atomic mass is 10.1. The van der Waals surface area contributed by atoms with Crippen LogP contribution in [0.5, 0.6) is 0 Å². The van der Waals surface area contributed by atoms with Crippen LogP contribution in [0.2, 0.25) is 0 Å². The van der Waals surface area contributed by atoms with Gasteiger partial charge in [0.1, 0.15) is 0 Å². The Morgan fingerprint density at radius 1 is 1.11 bits per heavy atom. The number of likely N-dealkylation sites (tertiary alicyclic amines) is 1. The SMILES string of the molecule is CC(C)CCCNCCN1CCC2CCC(C1)N2C. The molecule has 0 spiro atoms. The second-order valence-electron chi connectivity index (χ2n) is 6.93. The van der Waals surface area contributed by atoms with Crippen molar-refractivity contribution >= 4 is 0 Å². The van der Waals surface area contributed by atoms with Crippen LogP contribution in [-0.4, -0.2) is 61.7 Å². The molecule has 2 atom stereocenters. The van der Waals surface area contributed by atoms with Crippen molar-refractivity contribution < 1.29 is 0 Å². The molecule has 0 aromatic heterocycles. The molecule has 2 heterocycles. The third kappa shape index (κ3) is 4.73. The van der Waals surface area contributed by atoms with Gasteiger partial charge in [-0.1, -0.05) is 13.8 Å². The molecule has 1 N–H and O–H groups in total. The summed E-state index contributed by atoms with van der Waals surface area (Å²) in [6.07, 6.45) is 6.90. The smallest absolute Gasteiger partial charge is 0.0223 e. The van der Waals surface area contributed by atoms with Crippen LogP contribution in [0.3, 0.4) is 0 Å². The van der Waals surface area contributed by atoms with Crippen molar-refractivity contribution in [2.24, 2.45) is 5.92 Å². The first-order chi connectivity index (χ1) is 9.16. The van der Waals surface area contributed by atoms with Gasteiger partial charge in [0.2, 0.25) is 0 Å². The highest BCUT2D eigenvalue weighted by Gasteiger charge is 2.34. The average Bonchev–Trinajstić information content (AvgIpc) is 2.60. The van der Waals surface area contributed by atoms with E-state index in [9.17, 15) is 0 Å². The van der Waals surface area contributed by atoms with Crippen molar-refractivity contribution in [2.45, 2.75) is 58.0 Å². The minimum Gasteiger partial charge on any atom is -0.315 e. The standard InChI is InChI=1S/C16H33N3/c1-14(2)5-4-9-17-10-12-19-11-8-15-6-7-16(13-19)18(15)3/h14-17H,4-13H2,1-3H3. The lowest BCUT2D eigenvalue weighted by molar-refractivity contribution is 0.219. The van der Waals surface area contributed by atoms with Crippen molar-refractivity contribution in [3.05, 3.63) is 0 Å². The average molecular weight is 267 g/mol. The van der Waals surface area contributed by atoms with E-state index in [2.05, 4.69) is 36.0 Å². The van der Waals surface area contributed by atoms with Gasteiger partial charge in [-0.15, -0.1) is 0 Å². The molecule has 2 unspecified atom stereocenters. The van der Waals surface area contributed by atoms with Crippen LogP contribution in [0.4, 0.5) is 0 Å². The highest BCUT2D eigenvalue weighted by molar-refractivity contribution is 4.91. The van der Waals surface area contributed by atoms with Crippen LogP contribution in [0, 0.1) is 5.92 Å². The second-order valence-corrected chi connectivity index (χ2v) is 6.93. The first-order valence-electron chi connectivity index (χ1n) is 8.32. The van der Waals surface area contributed by atoms with Crippen LogP contribution in [0.15, 0.2) is 0 Å². The quantitative estimate of drug-likeness (QED) is 0.713. The molecule has 0 aromatic carbocycles. The molecule has 19 heavy (non-hydrogen) atoms. The van der Waals surface area contributed by atoms with E-state index in [1.54, 1.807) is 0 Å². The predicted octanol–water partition coefficient (Wildman–Crippen LogP) is 2.18. The number of hydrogen-bond donors (Lipinski definition) is 1. The van der Waals surface area contributed by atoms with E-state index in [1.165, 1.54) is 64.8 Å². The molecule has 3 nitrogen and oxygen atoms in total. The predicted molar refractivity (Wildman–Crippen MR) is 82.6 cm³/mol. The maximum absolute atomic E-state index is 3.61. The van der Waals surface area contributed by atoms with Crippen LogP contribution < -0.4 is 5.32 Å². The monoisotopic (exact) mass is 267 g/mol. The number of hydrogen-bond acceptors (Lipinski definition) is 3. The largest absolute Gasteiger partial charge is 0.315 e. The van der Waals surface area contributed by atoms with E-state index >= 15 is 0 Å². The van der Waals surface area contributed by atoms with Gasteiger partial charge in [-0.2, -0.15) is 0 Å². The normalized spacial score (nSPS) is 29.1. The summed E-state index contributed by atoms with van der Waals surface area (Å²) in [7, 11) is 2.33. The zero-order valence-corrected chi connectivity index (χ0v) is 13.2. The molecule has 3 heteroatoms. The Kier molecular flexibility index (Phi) is 6.11. The van der Waals surface area contributed by atoms with Gasteiger partial charge < -0.3 is 10.2 Å². The molecule has 0 amide bonds. The summed E-state index contributed by atoms with van der Waals surface area (Å²) in [4.78, 5) is 5.31. The van der Waals surface area contributed by atoms with E-state index in [4.69, 9.17) is 0 Å². The van der Waals surface area contributed by atoms with Crippen LogP contribution >= 0.6 is 0 Å². The summed E-state index contributed by atoms with van der Waals surface area (Å²) in [6.45, 7) is 10.8. The van der Waals surface area contributed by atoms with Crippen molar-refractivity contribution in [3.63, 3.8) is 0 Å². The molecular weight excluding hydrogens is 234 g/mol. The fraction of sp³-hybridized carbons (Fsp3) is 1.00. The van der Waals surface area contributed by atoms with E-state index in [1.807, 2.05) is 0 Å². The third-order valence-corrected chi connectivity index (χ3v) is 4.97. The van der Waals surface area contributed by atoms with Crippen molar-refractivity contribution in [1.29, 1.82) is 0 Å². The maximum Gasteiger partial charge on any atom is 0.0223 e. The molecular formula is C16H33N3. The van der Waals surface area contributed by atoms with Gasteiger partial charge in [0.15, 0.2) is 0 Å². The molecule has 2 rings (SSSR count). The van der Waals surface area contributed by atoms with Gasteiger partial charge in [0.05, 0.1) is 0 Å². The van der Waals surface area contributed by atoms with Gasteiger partial charge in [-0.3, -0.25) is 4.90 Å². The highest BCUT2D eigenvalue weighted by Crippen LogP contribution is 2.28. The Morgan fingerprint density at radius 3 is 2.68 bits per heavy atom. The summed E-state index contributed by atoms with van der Waals surface area (Å²) < 4.78 is 0. The molecule has 0 saturated carbocycles. The number of fused-ring (bicyclic) bond motifs is 2. The van der Waals surface area contributed by atoms with Crippen LogP contribution in [0.1, 0.15) is 46.0 Å². The summed E-state index contributed by atoms with van der Waals surface area (Å²) in [5.74, 6) is 0.846. The topological polar surface area (TPSA) is 18.5 Å². The van der Waals surface area contributed by atoms with E-state index in [-0.39, 0.29) is 0 Å². The summed E-state index contributed by atoms with van der Waals surface area (Å²) in [6, 6.07) is 1.70. The Balaban J connectivity index is 1.57. The van der Waals surface area contributed by atoms with Gasteiger partial charge >= 0.3 is 0 Å². The fourth-order valence-corrected chi connectivity index (χ4v) is 3.58. The molecule has 2 bridgehead atoms. The molecule has 112 valence electrons. The van der Waals surface area contributed by atoms with Gasteiger partial charge in [-0.05, 0) is 58.2 Å². The molecule has 0 aromatic rings. The first-order valence-corrected chi connectivity index (χ1v) is 8.32. The molecule has 0 aliphatic carbocycles. The van der Waals surface area contributed by atoms with Gasteiger partial charge in [0.25, 0.3) is 0 Å². The number of rotatable bonds is 7. The van der Waals surface area contributed by atoms with Gasteiger partial charge in [-0.25, -0.2) is 0 Å². The van der Waals surface area contributed by atoms with E-state index in [0.717, 1.165) is 18.0 Å². The zero-order valence-electron chi connectivity index (χ0n) is 13.2. The lowest BCUT2D eigenvalue weighted by Gasteiger charge is -2.25. The summed E-state index contributed by atoms with van der Waals surface area (Å²) in [5, 5.41) is 3.61. The lowest BCUT2D eigenvalue weighted by Crippen LogP contribution is -2.39. The molecule has 2 fully saturated rings. The Bertz CT molecular complexity index is 254. The minimum atomic E-state index is 0.827. The second kappa shape index (κ2) is 7.61. The third-order valence-electron chi connectivity index (χ3n) is 4.97. The molecule has 2 saturated heterocycles. The highest BCUT2D eigenvalue weighted by atomic mass is 15.3. The Morgan fingerprint density at radius 2 is 1.89 bits per heavy atom. The zero-order chi connectivity index (χ0) is 13.7. The van der Waals surface area contributed by atoms with Crippen molar-refractivity contribution in [2.75, 3.05) is 39.8 Å². The summed E-state index contributed by atoms with van der Waals surface area (Å²) in [5.41, 5.74) is 0. The Labute approximate surface area is 119 Å². The van der Waals surface area contributed by atoms with E-state index < -0.39 is 0 Å². The molecule has 2 aliphatic heterocycles. The molecule has 2 aliphatic rings. The fourth-order valence-electron chi connectivity index (χ4n) is 3.58. The van der Waals surface area contributed by atoms with Crippen LogP contribution in [0.25, 0.3) is 0 Å².